The van der Waals surface area contributed by atoms with Crippen LogP contribution in [0.1, 0.15) is 11.1 Å². The lowest BCUT2D eigenvalue weighted by molar-refractivity contribution is 0.135. The summed E-state index contributed by atoms with van der Waals surface area (Å²) in [4.78, 5) is 5.21. The molecular formula is C13H20N4O2S. The third-order valence-corrected chi connectivity index (χ3v) is 5.24. The van der Waals surface area contributed by atoms with Crippen molar-refractivity contribution >= 4 is 10.0 Å². The molecule has 7 heteroatoms. The molecule has 2 aliphatic heterocycles. The van der Waals surface area contributed by atoms with Gasteiger partial charge in [0.25, 0.3) is 10.0 Å². The van der Waals surface area contributed by atoms with Gasteiger partial charge in [0.05, 0.1) is 4.90 Å². The predicted octanol–water partition coefficient (Wildman–Crippen LogP) is -0.269. The fourth-order valence-electron chi connectivity index (χ4n) is 2.56. The van der Waals surface area contributed by atoms with Crippen molar-refractivity contribution in [1.82, 2.24) is 20.1 Å². The Balaban J connectivity index is 1.75. The molecule has 0 atom stereocenters. The molecule has 0 unspecified atom stereocenters. The number of nitrogens with zero attached hydrogens (tertiary/aromatic N) is 2. The first-order valence-corrected chi connectivity index (χ1v) is 8.31. The highest BCUT2D eigenvalue weighted by atomic mass is 32.2. The molecule has 2 heterocycles. The zero-order chi connectivity index (χ0) is 14.2. The second kappa shape index (κ2) is 5.42. The van der Waals surface area contributed by atoms with Gasteiger partial charge >= 0.3 is 0 Å². The van der Waals surface area contributed by atoms with Crippen molar-refractivity contribution in [3.63, 3.8) is 0 Å². The Morgan fingerprint density at radius 1 is 1.10 bits per heavy atom. The summed E-state index contributed by atoms with van der Waals surface area (Å²) in [6.07, 6.45) is 0. The van der Waals surface area contributed by atoms with Crippen molar-refractivity contribution < 1.29 is 8.42 Å². The first kappa shape index (κ1) is 14.0. The van der Waals surface area contributed by atoms with Crippen molar-refractivity contribution in [2.24, 2.45) is 0 Å². The maximum atomic E-state index is 12.4. The van der Waals surface area contributed by atoms with E-state index in [2.05, 4.69) is 15.0 Å². The van der Waals surface area contributed by atoms with Crippen LogP contribution in [0.4, 0.5) is 0 Å². The number of fused-ring (bicyclic) bond motifs is 1. The van der Waals surface area contributed by atoms with Gasteiger partial charge < -0.3 is 10.2 Å². The maximum Gasteiger partial charge on any atom is 0.253 e. The quantitative estimate of drug-likeness (QED) is 0.804. The summed E-state index contributed by atoms with van der Waals surface area (Å²) in [6.45, 7) is 4.73. The number of likely N-dealkylation sites (N-methyl/N-ethyl adjacent to an activating group) is 1. The summed E-state index contributed by atoms with van der Waals surface area (Å²) in [7, 11) is -1.43. The largest absolute Gasteiger partial charge is 0.309 e. The average Bonchev–Trinajstić information content (AvgIpc) is 2.88. The second-order valence-corrected chi connectivity index (χ2v) is 7.08. The molecule has 0 radical (unpaired) electrons. The monoisotopic (exact) mass is 296 g/mol. The van der Waals surface area contributed by atoms with Crippen molar-refractivity contribution in [3.8, 4) is 0 Å². The molecular weight excluding hydrogens is 276 g/mol. The summed E-state index contributed by atoms with van der Waals surface area (Å²) in [5.41, 5.74) is 2.26. The maximum absolute atomic E-state index is 12.4. The van der Waals surface area contributed by atoms with Crippen LogP contribution in [-0.2, 0) is 23.1 Å². The molecule has 1 aromatic carbocycles. The highest BCUT2D eigenvalue weighted by Gasteiger charge is 2.22. The minimum Gasteiger partial charge on any atom is -0.309 e. The minimum absolute atomic E-state index is 0.346. The fourth-order valence-corrected chi connectivity index (χ4v) is 3.73. The highest BCUT2D eigenvalue weighted by Crippen LogP contribution is 2.20. The molecule has 2 N–H and O–H groups in total. The molecule has 0 aliphatic carbocycles. The molecule has 20 heavy (non-hydrogen) atoms. The summed E-state index contributed by atoms with van der Waals surface area (Å²) in [5.74, 6) is 0. The predicted molar refractivity (Wildman–Crippen MR) is 76.4 cm³/mol. The third kappa shape index (κ3) is 2.87. The molecule has 1 aromatic rings. The van der Waals surface area contributed by atoms with E-state index in [0.29, 0.717) is 18.0 Å². The van der Waals surface area contributed by atoms with Gasteiger partial charge in [-0.25, -0.2) is 13.4 Å². The van der Waals surface area contributed by atoms with Gasteiger partial charge in [0, 0.05) is 39.3 Å². The second-order valence-electron chi connectivity index (χ2n) is 5.42. The number of sulfonamides is 1. The Bertz CT molecular complexity index is 594. The Hall–Kier alpha value is -0.990. The molecule has 0 bridgehead atoms. The zero-order valence-corrected chi connectivity index (χ0v) is 12.4. The van der Waals surface area contributed by atoms with Crippen molar-refractivity contribution in [2.75, 3.05) is 33.2 Å². The molecule has 0 amide bonds. The van der Waals surface area contributed by atoms with E-state index >= 15 is 0 Å². The van der Waals surface area contributed by atoms with Crippen LogP contribution >= 0.6 is 0 Å². The van der Waals surface area contributed by atoms with Crippen LogP contribution in [0.5, 0.6) is 0 Å². The van der Waals surface area contributed by atoms with Gasteiger partial charge in [0.2, 0.25) is 0 Å². The standard InChI is InChI=1S/C13H20N4O2S/c1-16-4-6-17(7-5-16)15-20(18,19)13-3-2-11-9-14-10-12(11)8-13/h2-3,8,14-15H,4-7,9-10H2,1H3. The number of hydrogen-bond donors (Lipinski definition) is 2. The first-order chi connectivity index (χ1) is 9.54. The van der Waals surface area contributed by atoms with Crippen LogP contribution in [0.25, 0.3) is 0 Å². The van der Waals surface area contributed by atoms with Gasteiger partial charge in [-0.3, -0.25) is 0 Å². The summed E-state index contributed by atoms with van der Waals surface area (Å²) >= 11 is 0. The third-order valence-electron chi connectivity index (χ3n) is 3.87. The summed E-state index contributed by atoms with van der Waals surface area (Å²) in [6, 6.07) is 5.35. The van der Waals surface area contributed by atoms with Gasteiger partial charge in [-0.15, -0.1) is 4.83 Å². The molecule has 3 rings (SSSR count). The summed E-state index contributed by atoms with van der Waals surface area (Å²) in [5, 5.41) is 5.00. The number of hydrogen-bond acceptors (Lipinski definition) is 5. The molecule has 0 aromatic heterocycles. The SMILES string of the molecule is CN1CCN(NS(=O)(=O)c2ccc3c(c2)CNC3)CC1. The van der Waals surface area contributed by atoms with Crippen LogP contribution < -0.4 is 10.1 Å². The Morgan fingerprint density at radius 3 is 2.55 bits per heavy atom. The normalized spacial score (nSPS) is 21.1. The molecule has 1 saturated heterocycles. The van der Waals surface area contributed by atoms with E-state index in [1.807, 2.05) is 13.1 Å². The van der Waals surface area contributed by atoms with E-state index in [1.165, 1.54) is 5.56 Å². The smallest absolute Gasteiger partial charge is 0.253 e. The Morgan fingerprint density at radius 2 is 1.80 bits per heavy atom. The average molecular weight is 296 g/mol. The van der Waals surface area contributed by atoms with Gasteiger partial charge in [-0.2, -0.15) is 0 Å². The van der Waals surface area contributed by atoms with Gasteiger partial charge in [0.1, 0.15) is 0 Å². The molecule has 2 aliphatic rings. The van der Waals surface area contributed by atoms with E-state index < -0.39 is 10.0 Å². The van der Waals surface area contributed by atoms with Crippen molar-refractivity contribution in [3.05, 3.63) is 29.3 Å². The fraction of sp³-hybridized carbons (Fsp3) is 0.538. The van der Waals surface area contributed by atoms with Crippen molar-refractivity contribution in [1.29, 1.82) is 0 Å². The van der Waals surface area contributed by atoms with Gasteiger partial charge in [-0.1, -0.05) is 6.07 Å². The Kier molecular flexibility index (Phi) is 3.78. The van der Waals surface area contributed by atoms with E-state index in [1.54, 1.807) is 17.1 Å². The van der Waals surface area contributed by atoms with E-state index in [-0.39, 0.29) is 0 Å². The molecule has 110 valence electrons. The van der Waals surface area contributed by atoms with Crippen LogP contribution in [-0.4, -0.2) is 51.6 Å². The van der Waals surface area contributed by atoms with Crippen LogP contribution in [0.3, 0.4) is 0 Å². The van der Waals surface area contributed by atoms with E-state index in [0.717, 1.165) is 31.7 Å². The van der Waals surface area contributed by atoms with Gasteiger partial charge in [-0.05, 0) is 30.3 Å². The minimum atomic E-state index is -3.47. The number of hydrazine groups is 1. The van der Waals surface area contributed by atoms with E-state index in [4.69, 9.17) is 0 Å². The number of rotatable bonds is 3. The molecule has 0 saturated carbocycles. The van der Waals surface area contributed by atoms with Crippen LogP contribution in [0, 0.1) is 0 Å². The number of benzene rings is 1. The zero-order valence-electron chi connectivity index (χ0n) is 11.6. The van der Waals surface area contributed by atoms with Gasteiger partial charge in [0.15, 0.2) is 0 Å². The number of nitrogens with one attached hydrogen (secondary N) is 2. The summed E-state index contributed by atoms with van der Waals surface area (Å²) < 4.78 is 24.8. The highest BCUT2D eigenvalue weighted by molar-refractivity contribution is 7.89. The number of piperazine rings is 1. The van der Waals surface area contributed by atoms with E-state index in [9.17, 15) is 8.42 Å². The topological polar surface area (TPSA) is 64.7 Å². The van der Waals surface area contributed by atoms with Crippen LogP contribution in [0.2, 0.25) is 0 Å². The molecule has 0 spiro atoms. The first-order valence-electron chi connectivity index (χ1n) is 6.83. The van der Waals surface area contributed by atoms with Crippen LogP contribution in [0.15, 0.2) is 23.1 Å². The molecule has 1 fully saturated rings. The molecule has 6 nitrogen and oxygen atoms in total. The van der Waals surface area contributed by atoms with Crippen molar-refractivity contribution in [2.45, 2.75) is 18.0 Å². The lowest BCUT2D eigenvalue weighted by Crippen LogP contribution is -2.52. The lowest BCUT2D eigenvalue weighted by Gasteiger charge is -2.32. The lowest BCUT2D eigenvalue weighted by atomic mass is 10.1. The Labute approximate surface area is 119 Å².